The van der Waals surface area contributed by atoms with Crippen molar-refractivity contribution in [2.24, 2.45) is 5.92 Å². The Balaban J connectivity index is 1.58. The van der Waals surface area contributed by atoms with E-state index in [9.17, 15) is 18.0 Å². The molecule has 0 radical (unpaired) electrons. The van der Waals surface area contributed by atoms with Crippen LogP contribution >= 0.6 is 11.8 Å². The second kappa shape index (κ2) is 9.48. The first kappa shape index (κ1) is 22.6. The van der Waals surface area contributed by atoms with E-state index in [0.29, 0.717) is 37.7 Å². The SMILES string of the molecule is C[C@@H]1CSc2ccc(S(=O)(=O)N3CCCC3)cc2N(CC(=O)NC[C@H]2CCCO2)C1=O. The third-order valence-electron chi connectivity index (χ3n) is 5.95. The number of hydrogen-bond acceptors (Lipinski definition) is 6. The average Bonchev–Trinajstić information content (AvgIpc) is 3.46. The van der Waals surface area contributed by atoms with Crippen molar-refractivity contribution in [1.29, 1.82) is 0 Å². The van der Waals surface area contributed by atoms with Gasteiger partial charge >= 0.3 is 0 Å². The molecule has 1 aromatic carbocycles. The molecule has 0 bridgehead atoms. The van der Waals surface area contributed by atoms with E-state index in [0.717, 1.165) is 30.6 Å². The molecule has 1 N–H and O–H groups in total. The van der Waals surface area contributed by atoms with E-state index in [4.69, 9.17) is 4.74 Å². The number of fused-ring (bicyclic) bond motifs is 1. The van der Waals surface area contributed by atoms with Gasteiger partial charge < -0.3 is 15.0 Å². The summed E-state index contributed by atoms with van der Waals surface area (Å²) in [4.78, 5) is 28.1. The van der Waals surface area contributed by atoms with Crippen LogP contribution in [0.4, 0.5) is 5.69 Å². The zero-order valence-electron chi connectivity index (χ0n) is 17.7. The Morgan fingerprint density at radius 1 is 1.26 bits per heavy atom. The third-order valence-corrected chi connectivity index (χ3v) is 9.17. The Hall–Kier alpha value is -1.62. The molecular formula is C21H29N3O5S2. The van der Waals surface area contributed by atoms with Crippen molar-refractivity contribution in [2.45, 2.75) is 48.5 Å². The van der Waals surface area contributed by atoms with Gasteiger partial charge in [0.25, 0.3) is 0 Å². The van der Waals surface area contributed by atoms with Gasteiger partial charge in [0.15, 0.2) is 0 Å². The molecule has 0 aromatic heterocycles. The number of sulfonamides is 1. The normalized spacial score (nSPS) is 24.8. The van der Waals surface area contributed by atoms with Gasteiger partial charge in [-0.2, -0.15) is 4.31 Å². The molecule has 1 aromatic rings. The smallest absolute Gasteiger partial charge is 0.243 e. The standard InChI is InChI=1S/C21H29N3O5S2/c1-15-14-30-19-7-6-17(31(27,28)23-8-2-3-9-23)11-18(19)24(21(15)26)13-20(25)22-12-16-5-4-10-29-16/h6-7,11,15-16H,2-5,8-10,12-14H2,1H3,(H,22,25)/t15-,16-/m1/s1. The number of ether oxygens (including phenoxy) is 1. The Labute approximate surface area is 187 Å². The lowest BCUT2D eigenvalue weighted by Gasteiger charge is -2.25. The minimum absolute atomic E-state index is 0.0164. The lowest BCUT2D eigenvalue weighted by molar-refractivity contribution is -0.125. The predicted molar refractivity (Wildman–Crippen MR) is 119 cm³/mol. The van der Waals surface area contributed by atoms with E-state index in [1.54, 1.807) is 18.2 Å². The highest BCUT2D eigenvalue weighted by atomic mass is 32.2. The van der Waals surface area contributed by atoms with Crippen LogP contribution in [0.2, 0.25) is 0 Å². The van der Waals surface area contributed by atoms with Crippen LogP contribution in [0.3, 0.4) is 0 Å². The van der Waals surface area contributed by atoms with E-state index >= 15 is 0 Å². The lowest BCUT2D eigenvalue weighted by atomic mass is 10.1. The quantitative estimate of drug-likeness (QED) is 0.686. The van der Waals surface area contributed by atoms with Crippen LogP contribution in [0.15, 0.2) is 28.0 Å². The summed E-state index contributed by atoms with van der Waals surface area (Å²) in [6.07, 6.45) is 3.63. The highest BCUT2D eigenvalue weighted by molar-refractivity contribution is 7.99. The van der Waals surface area contributed by atoms with Crippen molar-refractivity contribution >= 4 is 39.3 Å². The molecule has 2 atom stereocenters. The summed E-state index contributed by atoms with van der Waals surface area (Å²) in [5, 5.41) is 2.86. The van der Waals surface area contributed by atoms with Gasteiger partial charge in [-0.25, -0.2) is 8.42 Å². The molecule has 0 unspecified atom stereocenters. The van der Waals surface area contributed by atoms with Crippen LogP contribution in [0.1, 0.15) is 32.6 Å². The van der Waals surface area contributed by atoms with Gasteiger partial charge in [-0.1, -0.05) is 6.92 Å². The summed E-state index contributed by atoms with van der Waals surface area (Å²) in [5.74, 6) is -0.143. The van der Waals surface area contributed by atoms with Crippen molar-refractivity contribution < 1.29 is 22.7 Å². The molecule has 10 heteroatoms. The highest BCUT2D eigenvalue weighted by Gasteiger charge is 2.33. The van der Waals surface area contributed by atoms with Crippen molar-refractivity contribution in [2.75, 3.05) is 43.4 Å². The van der Waals surface area contributed by atoms with Crippen LogP contribution in [0.25, 0.3) is 0 Å². The maximum atomic E-state index is 13.1. The maximum Gasteiger partial charge on any atom is 0.243 e. The number of thioether (sulfide) groups is 1. The molecule has 2 saturated heterocycles. The second-order valence-corrected chi connectivity index (χ2v) is 11.3. The van der Waals surface area contributed by atoms with Crippen LogP contribution in [0.5, 0.6) is 0 Å². The second-order valence-electron chi connectivity index (χ2n) is 8.32. The minimum atomic E-state index is -3.62. The molecule has 4 rings (SSSR count). The summed E-state index contributed by atoms with van der Waals surface area (Å²) in [6.45, 7) is 3.85. The number of rotatable bonds is 6. The molecule has 3 aliphatic rings. The molecular weight excluding hydrogens is 438 g/mol. The van der Waals surface area contributed by atoms with E-state index in [2.05, 4.69) is 5.32 Å². The number of nitrogens with one attached hydrogen (secondary N) is 1. The Kier molecular flexibility index (Phi) is 6.90. The predicted octanol–water partition coefficient (Wildman–Crippen LogP) is 1.84. The van der Waals surface area contributed by atoms with Crippen LogP contribution < -0.4 is 10.2 Å². The van der Waals surface area contributed by atoms with Gasteiger partial charge in [0.05, 0.1) is 16.7 Å². The molecule has 0 saturated carbocycles. The fraction of sp³-hybridized carbons (Fsp3) is 0.619. The molecule has 0 aliphatic carbocycles. The first-order valence-electron chi connectivity index (χ1n) is 10.8. The van der Waals surface area contributed by atoms with E-state index in [-0.39, 0.29) is 35.3 Å². The molecule has 8 nitrogen and oxygen atoms in total. The molecule has 170 valence electrons. The van der Waals surface area contributed by atoms with Crippen molar-refractivity contribution in [1.82, 2.24) is 9.62 Å². The fourth-order valence-electron chi connectivity index (χ4n) is 4.13. The minimum Gasteiger partial charge on any atom is -0.376 e. The first-order chi connectivity index (χ1) is 14.9. The van der Waals surface area contributed by atoms with Gasteiger partial charge in [0.1, 0.15) is 6.54 Å². The number of nitrogens with zero attached hydrogens (tertiary/aromatic N) is 2. The van der Waals surface area contributed by atoms with E-state index in [1.165, 1.54) is 21.0 Å². The maximum absolute atomic E-state index is 13.1. The van der Waals surface area contributed by atoms with E-state index < -0.39 is 10.0 Å². The van der Waals surface area contributed by atoms with E-state index in [1.807, 2.05) is 6.92 Å². The first-order valence-corrected chi connectivity index (χ1v) is 13.3. The molecule has 2 fully saturated rings. The number of carbonyl (C=O) groups excluding carboxylic acids is 2. The fourth-order valence-corrected chi connectivity index (χ4v) is 6.73. The van der Waals surface area contributed by atoms with Crippen molar-refractivity contribution in [3.05, 3.63) is 18.2 Å². The van der Waals surface area contributed by atoms with Crippen molar-refractivity contribution in [3.8, 4) is 0 Å². The number of benzene rings is 1. The number of hydrogen-bond donors (Lipinski definition) is 1. The molecule has 3 heterocycles. The Morgan fingerprint density at radius 2 is 2.03 bits per heavy atom. The zero-order chi connectivity index (χ0) is 22.0. The van der Waals surface area contributed by atoms with Gasteiger partial charge in [-0.15, -0.1) is 11.8 Å². The largest absolute Gasteiger partial charge is 0.376 e. The number of anilines is 1. The lowest BCUT2D eigenvalue weighted by Crippen LogP contribution is -2.44. The van der Waals surface area contributed by atoms with Crippen LogP contribution in [-0.4, -0.2) is 69.2 Å². The Morgan fingerprint density at radius 3 is 2.74 bits per heavy atom. The van der Waals surface area contributed by atoms with Crippen LogP contribution in [0, 0.1) is 5.92 Å². The summed E-state index contributed by atoms with van der Waals surface area (Å²) >= 11 is 1.51. The van der Waals surface area contributed by atoms with Crippen LogP contribution in [-0.2, 0) is 24.3 Å². The summed E-state index contributed by atoms with van der Waals surface area (Å²) in [7, 11) is -3.62. The summed E-state index contributed by atoms with van der Waals surface area (Å²) < 4.78 is 33.1. The van der Waals surface area contributed by atoms with Crippen molar-refractivity contribution in [3.63, 3.8) is 0 Å². The Bertz CT molecular complexity index is 940. The van der Waals surface area contributed by atoms with Gasteiger partial charge in [-0.3, -0.25) is 9.59 Å². The molecule has 2 amide bonds. The van der Waals surface area contributed by atoms with Gasteiger partial charge in [0, 0.05) is 42.8 Å². The summed E-state index contributed by atoms with van der Waals surface area (Å²) in [5.41, 5.74) is 0.492. The number of amides is 2. The number of carbonyl (C=O) groups is 2. The topological polar surface area (TPSA) is 96.0 Å². The van der Waals surface area contributed by atoms with Gasteiger partial charge in [0.2, 0.25) is 21.8 Å². The molecule has 31 heavy (non-hydrogen) atoms. The molecule has 0 spiro atoms. The highest BCUT2D eigenvalue weighted by Crippen LogP contribution is 2.38. The summed E-state index contributed by atoms with van der Waals surface area (Å²) in [6, 6.07) is 4.92. The molecule has 3 aliphatic heterocycles. The van der Waals surface area contributed by atoms with Gasteiger partial charge in [-0.05, 0) is 43.9 Å². The average molecular weight is 468 g/mol. The monoisotopic (exact) mass is 467 g/mol. The zero-order valence-corrected chi connectivity index (χ0v) is 19.3. The third kappa shape index (κ3) is 4.92.